The van der Waals surface area contributed by atoms with Gasteiger partial charge in [0.05, 0.1) is 16.0 Å². The van der Waals surface area contributed by atoms with Gasteiger partial charge in [-0.05, 0) is 18.9 Å². The van der Waals surface area contributed by atoms with Crippen LogP contribution in [0, 0.1) is 21.3 Å². The monoisotopic (exact) mass is 363 g/mol. The standard InChI is InChI=1S/C17H18FN3O5/c18-12-5-4-11(21(25)26)8-13(12)19-14(22)10-20-15(23)9-17(16(20)24)6-2-1-3-7-17/h4-5,8H,1-3,6-7,9-10H2,(H,19,22). The summed E-state index contributed by atoms with van der Waals surface area (Å²) in [4.78, 5) is 48.0. The molecule has 1 aliphatic carbocycles. The van der Waals surface area contributed by atoms with E-state index >= 15 is 0 Å². The molecule has 9 heteroatoms. The summed E-state index contributed by atoms with van der Waals surface area (Å²) in [6, 6.07) is 2.74. The topological polar surface area (TPSA) is 110 Å². The van der Waals surface area contributed by atoms with Gasteiger partial charge in [-0.25, -0.2) is 4.39 Å². The second-order valence-electron chi connectivity index (χ2n) is 6.77. The maximum atomic E-state index is 13.8. The normalized spacial score (nSPS) is 19.0. The van der Waals surface area contributed by atoms with E-state index < -0.39 is 34.5 Å². The van der Waals surface area contributed by atoms with Crippen LogP contribution in [0.1, 0.15) is 38.5 Å². The number of carbonyl (C=O) groups excluding carboxylic acids is 3. The van der Waals surface area contributed by atoms with Gasteiger partial charge in [0.15, 0.2) is 0 Å². The number of carbonyl (C=O) groups is 3. The lowest BCUT2D eigenvalue weighted by Crippen LogP contribution is -2.41. The Morgan fingerprint density at radius 1 is 1.27 bits per heavy atom. The van der Waals surface area contributed by atoms with Crippen LogP contribution in [0.3, 0.4) is 0 Å². The van der Waals surface area contributed by atoms with Crippen LogP contribution >= 0.6 is 0 Å². The molecule has 0 atom stereocenters. The van der Waals surface area contributed by atoms with Gasteiger partial charge >= 0.3 is 0 Å². The Labute approximate surface area is 148 Å². The fourth-order valence-corrected chi connectivity index (χ4v) is 3.70. The smallest absolute Gasteiger partial charge is 0.271 e. The predicted molar refractivity (Wildman–Crippen MR) is 88.5 cm³/mol. The molecule has 1 aromatic rings. The summed E-state index contributed by atoms with van der Waals surface area (Å²) in [6.07, 6.45) is 4.14. The Kier molecular flexibility index (Phi) is 4.71. The third kappa shape index (κ3) is 3.29. The molecule has 3 rings (SSSR count). The molecule has 138 valence electrons. The molecule has 26 heavy (non-hydrogen) atoms. The third-order valence-electron chi connectivity index (χ3n) is 5.04. The van der Waals surface area contributed by atoms with Crippen LogP contribution in [0.15, 0.2) is 18.2 Å². The number of benzene rings is 1. The summed E-state index contributed by atoms with van der Waals surface area (Å²) in [5.41, 5.74) is -1.45. The Morgan fingerprint density at radius 2 is 1.96 bits per heavy atom. The molecule has 1 N–H and O–H groups in total. The van der Waals surface area contributed by atoms with Crippen molar-refractivity contribution >= 4 is 29.1 Å². The highest BCUT2D eigenvalue weighted by molar-refractivity contribution is 6.09. The van der Waals surface area contributed by atoms with E-state index in [0.29, 0.717) is 12.8 Å². The van der Waals surface area contributed by atoms with Gasteiger partial charge in [-0.15, -0.1) is 0 Å². The molecular formula is C17H18FN3O5. The lowest BCUT2D eigenvalue weighted by molar-refractivity contribution is -0.384. The zero-order valence-electron chi connectivity index (χ0n) is 14.0. The van der Waals surface area contributed by atoms with Crippen LogP contribution in [0.2, 0.25) is 0 Å². The highest BCUT2D eigenvalue weighted by atomic mass is 19.1. The van der Waals surface area contributed by atoms with Gasteiger partial charge in [0.1, 0.15) is 12.4 Å². The molecule has 0 aromatic heterocycles. The predicted octanol–water partition coefficient (Wildman–Crippen LogP) is 2.38. The van der Waals surface area contributed by atoms with Crippen LogP contribution in [0.4, 0.5) is 15.8 Å². The van der Waals surface area contributed by atoms with Crippen molar-refractivity contribution in [3.63, 3.8) is 0 Å². The van der Waals surface area contributed by atoms with Crippen LogP contribution in [-0.4, -0.2) is 34.1 Å². The molecular weight excluding hydrogens is 345 g/mol. The number of hydrogen-bond donors (Lipinski definition) is 1. The average molecular weight is 363 g/mol. The average Bonchev–Trinajstić information content (AvgIpc) is 2.81. The third-order valence-corrected chi connectivity index (χ3v) is 5.04. The molecule has 0 unspecified atom stereocenters. The molecule has 3 amide bonds. The number of nitrogens with one attached hydrogen (secondary N) is 1. The summed E-state index contributed by atoms with van der Waals surface area (Å²) >= 11 is 0. The van der Waals surface area contributed by atoms with Crippen molar-refractivity contribution in [2.24, 2.45) is 5.41 Å². The number of nitro benzene ring substituents is 1. The molecule has 1 heterocycles. The lowest BCUT2D eigenvalue weighted by atomic mass is 9.73. The number of likely N-dealkylation sites (tertiary alicyclic amines) is 1. The molecule has 2 aliphatic rings. The fourth-order valence-electron chi connectivity index (χ4n) is 3.70. The number of halogens is 1. The van der Waals surface area contributed by atoms with E-state index in [1.165, 1.54) is 0 Å². The van der Waals surface area contributed by atoms with E-state index in [1.54, 1.807) is 0 Å². The van der Waals surface area contributed by atoms with E-state index in [2.05, 4.69) is 5.32 Å². The molecule has 1 aliphatic heterocycles. The molecule has 8 nitrogen and oxygen atoms in total. The van der Waals surface area contributed by atoms with Gasteiger partial charge in [-0.1, -0.05) is 19.3 Å². The molecule has 2 fully saturated rings. The van der Waals surface area contributed by atoms with Crippen molar-refractivity contribution in [3.8, 4) is 0 Å². The van der Waals surface area contributed by atoms with Crippen molar-refractivity contribution < 1.29 is 23.7 Å². The Morgan fingerprint density at radius 3 is 2.62 bits per heavy atom. The van der Waals surface area contributed by atoms with Gasteiger partial charge < -0.3 is 5.32 Å². The Hall–Kier alpha value is -2.84. The van der Waals surface area contributed by atoms with Crippen molar-refractivity contribution in [2.45, 2.75) is 38.5 Å². The summed E-state index contributed by atoms with van der Waals surface area (Å²) in [5, 5.41) is 13.0. The number of amides is 3. The van der Waals surface area contributed by atoms with E-state index in [1.807, 2.05) is 0 Å². The van der Waals surface area contributed by atoms with E-state index in [4.69, 9.17) is 0 Å². The van der Waals surface area contributed by atoms with Crippen molar-refractivity contribution in [1.29, 1.82) is 0 Å². The summed E-state index contributed by atoms with van der Waals surface area (Å²) in [5.74, 6) is -2.38. The molecule has 1 aromatic carbocycles. The van der Waals surface area contributed by atoms with Crippen molar-refractivity contribution in [1.82, 2.24) is 4.90 Å². The maximum Gasteiger partial charge on any atom is 0.271 e. The number of nitro groups is 1. The van der Waals surface area contributed by atoms with Crippen molar-refractivity contribution in [2.75, 3.05) is 11.9 Å². The van der Waals surface area contributed by atoms with Crippen LogP contribution in [-0.2, 0) is 14.4 Å². The van der Waals surface area contributed by atoms with E-state index in [0.717, 1.165) is 42.4 Å². The highest BCUT2D eigenvalue weighted by Gasteiger charge is 2.51. The first kappa shape index (κ1) is 18.0. The number of nitrogens with zero attached hydrogens (tertiary/aromatic N) is 2. The van der Waals surface area contributed by atoms with Crippen LogP contribution in [0.5, 0.6) is 0 Å². The first-order valence-corrected chi connectivity index (χ1v) is 8.41. The first-order valence-electron chi connectivity index (χ1n) is 8.41. The zero-order valence-corrected chi connectivity index (χ0v) is 14.0. The maximum absolute atomic E-state index is 13.8. The van der Waals surface area contributed by atoms with Gasteiger partial charge in [0.2, 0.25) is 17.7 Å². The van der Waals surface area contributed by atoms with E-state index in [-0.39, 0.29) is 23.7 Å². The second kappa shape index (κ2) is 6.81. The first-order chi connectivity index (χ1) is 12.3. The Balaban J connectivity index is 1.70. The van der Waals surface area contributed by atoms with Crippen LogP contribution < -0.4 is 5.32 Å². The largest absolute Gasteiger partial charge is 0.322 e. The lowest BCUT2D eigenvalue weighted by Gasteiger charge is -2.30. The molecule has 1 spiro atoms. The minimum atomic E-state index is -0.841. The van der Waals surface area contributed by atoms with Gasteiger partial charge in [0.25, 0.3) is 5.69 Å². The summed E-state index contributed by atoms with van der Waals surface area (Å²) in [7, 11) is 0. The second-order valence-corrected chi connectivity index (χ2v) is 6.77. The fraction of sp³-hybridized carbons (Fsp3) is 0.471. The van der Waals surface area contributed by atoms with Crippen molar-refractivity contribution in [3.05, 3.63) is 34.1 Å². The quantitative estimate of drug-likeness (QED) is 0.502. The van der Waals surface area contributed by atoms with Gasteiger partial charge in [-0.3, -0.25) is 29.4 Å². The van der Waals surface area contributed by atoms with Crippen LogP contribution in [0.25, 0.3) is 0 Å². The molecule has 1 saturated carbocycles. The van der Waals surface area contributed by atoms with Gasteiger partial charge in [0, 0.05) is 18.6 Å². The van der Waals surface area contributed by atoms with E-state index in [9.17, 15) is 28.9 Å². The summed E-state index contributed by atoms with van der Waals surface area (Å²) in [6.45, 7) is -0.526. The molecule has 0 bridgehead atoms. The number of imide groups is 1. The molecule has 1 saturated heterocycles. The Bertz CT molecular complexity index is 789. The summed E-state index contributed by atoms with van der Waals surface area (Å²) < 4.78 is 13.8. The number of hydrogen-bond acceptors (Lipinski definition) is 5. The minimum Gasteiger partial charge on any atom is -0.322 e. The number of anilines is 1. The number of non-ortho nitro benzene ring substituents is 1. The highest BCUT2D eigenvalue weighted by Crippen LogP contribution is 2.45. The van der Waals surface area contributed by atoms with Gasteiger partial charge in [-0.2, -0.15) is 0 Å². The minimum absolute atomic E-state index is 0.101. The zero-order chi connectivity index (χ0) is 18.9. The number of rotatable bonds is 4. The molecule has 0 radical (unpaired) electrons. The SMILES string of the molecule is O=C(CN1C(=O)CC2(CCCCC2)C1=O)Nc1cc([N+](=O)[O-])ccc1F.